The Morgan fingerprint density at radius 1 is 1.10 bits per heavy atom. The number of carboxylic acid groups (broad SMARTS) is 2. The Morgan fingerprint density at radius 2 is 1.64 bits per heavy atom. The second-order valence-electron chi connectivity index (χ2n) is 10.2. The molecular formula is C26H32F6N2O8. The molecule has 1 unspecified atom stereocenters. The third-order valence-electron chi connectivity index (χ3n) is 6.87. The summed E-state index contributed by atoms with van der Waals surface area (Å²) in [6.45, 7) is 5.71. The van der Waals surface area contributed by atoms with E-state index in [0.29, 0.717) is 6.42 Å². The molecule has 4 rings (SSSR count). The zero-order valence-corrected chi connectivity index (χ0v) is 23.1. The quantitative estimate of drug-likeness (QED) is 0.261. The van der Waals surface area contributed by atoms with Crippen molar-refractivity contribution in [2.24, 2.45) is 11.7 Å². The fourth-order valence-corrected chi connectivity index (χ4v) is 4.65. The van der Waals surface area contributed by atoms with Gasteiger partial charge in [0.05, 0.1) is 12.5 Å². The number of ether oxygens (including phenoxy) is 3. The number of benzene rings is 1. The largest absolute Gasteiger partial charge is 0.493 e. The first-order valence-corrected chi connectivity index (χ1v) is 12.6. The topological polar surface area (TPSA) is 149 Å². The van der Waals surface area contributed by atoms with Gasteiger partial charge in [0.1, 0.15) is 18.2 Å². The highest BCUT2D eigenvalue weighted by atomic mass is 19.4. The molecular weight excluding hydrogens is 582 g/mol. The molecule has 4 atom stereocenters. The average Bonchev–Trinajstić information content (AvgIpc) is 3.14. The second-order valence-corrected chi connectivity index (χ2v) is 10.2. The van der Waals surface area contributed by atoms with Gasteiger partial charge in [0.15, 0.2) is 11.5 Å². The molecule has 0 aromatic heterocycles. The molecule has 1 aromatic carbocycles. The molecule has 2 aliphatic heterocycles. The van der Waals surface area contributed by atoms with E-state index in [-0.39, 0.29) is 29.5 Å². The number of rotatable bonds is 4. The maximum absolute atomic E-state index is 12.3. The minimum atomic E-state index is -5.08. The number of nitrogens with two attached hydrogens (primary N) is 1. The molecule has 16 heteroatoms. The smallest absolute Gasteiger partial charge is 0.490 e. The molecule has 10 nitrogen and oxygen atoms in total. The van der Waals surface area contributed by atoms with Crippen LogP contribution in [0.25, 0.3) is 0 Å². The maximum Gasteiger partial charge on any atom is 0.490 e. The Morgan fingerprint density at radius 3 is 2.12 bits per heavy atom. The van der Waals surface area contributed by atoms with Crippen LogP contribution in [0.2, 0.25) is 0 Å². The van der Waals surface area contributed by atoms with Crippen molar-refractivity contribution in [1.29, 1.82) is 0 Å². The van der Waals surface area contributed by atoms with Gasteiger partial charge in [-0.3, -0.25) is 4.79 Å². The lowest BCUT2D eigenvalue weighted by atomic mass is 9.69. The van der Waals surface area contributed by atoms with E-state index in [1.165, 1.54) is 11.1 Å². The van der Waals surface area contributed by atoms with Gasteiger partial charge in [-0.15, -0.1) is 0 Å². The predicted octanol–water partition coefficient (Wildman–Crippen LogP) is 3.65. The van der Waals surface area contributed by atoms with Crippen molar-refractivity contribution in [3.63, 3.8) is 0 Å². The summed E-state index contributed by atoms with van der Waals surface area (Å²) in [6, 6.07) is 3.53. The van der Waals surface area contributed by atoms with E-state index in [0.717, 1.165) is 31.0 Å². The number of esters is 1. The number of halogens is 6. The first-order valence-electron chi connectivity index (χ1n) is 12.6. The summed E-state index contributed by atoms with van der Waals surface area (Å²) < 4.78 is 81.2. The summed E-state index contributed by atoms with van der Waals surface area (Å²) in [5.74, 6) is -4.21. The van der Waals surface area contributed by atoms with E-state index in [1.54, 1.807) is 7.11 Å². The van der Waals surface area contributed by atoms with Crippen LogP contribution in [0, 0.1) is 5.92 Å². The average molecular weight is 615 g/mol. The highest BCUT2D eigenvalue weighted by Crippen LogP contribution is 2.55. The summed E-state index contributed by atoms with van der Waals surface area (Å²) in [5, 5.41) is 14.2. The highest BCUT2D eigenvalue weighted by molar-refractivity contribution is 5.76. The number of nitrogens with zero attached hydrogens (tertiary/aromatic N) is 1. The molecule has 3 aliphatic rings. The molecule has 2 heterocycles. The van der Waals surface area contributed by atoms with Crippen LogP contribution in [0.5, 0.6) is 11.5 Å². The first kappa shape index (κ1) is 34.7. The Labute approximate surface area is 237 Å². The lowest BCUT2D eigenvalue weighted by molar-refractivity contribution is -0.193. The van der Waals surface area contributed by atoms with Gasteiger partial charge in [-0.1, -0.05) is 26.0 Å². The standard InChI is InChI=1S/C22H30N2O4.2C2HF3O2/c1-13(2)19(23)21(25)27-15-7-8-22-9-10-24(3)12-14-5-6-16(26-4)20(18(14)22)28-17(22)11-15;2*3-2(4,5)1(6)7/h5-8,13,15,17,19H,9-12,23H2,1-4H3;2*(H,6,7)/t15-,17-,19-,22?;;/m0../s1. The summed E-state index contributed by atoms with van der Waals surface area (Å²) in [5.41, 5.74) is 8.27. The zero-order chi connectivity index (χ0) is 32.2. The Balaban J connectivity index is 0.000000367. The SMILES string of the molecule is COc1ccc2c3c1O[C@H]1C[C@@H](OC(=O)[C@@H](N)C(C)C)C=CC31CCN(C)C2.O=C(O)C(F)(F)F.O=C(O)C(F)(F)F. The van der Waals surface area contributed by atoms with E-state index in [4.69, 9.17) is 39.7 Å². The van der Waals surface area contributed by atoms with Gasteiger partial charge in [0.25, 0.3) is 0 Å². The van der Waals surface area contributed by atoms with Crippen molar-refractivity contribution in [3.8, 4) is 11.5 Å². The molecule has 0 saturated carbocycles. The van der Waals surface area contributed by atoms with Crippen LogP contribution >= 0.6 is 0 Å². The molecule has 1 aromatic rings. The number of aliphatic carboxylic acids is 2. The zero-order valence-electron chi connectivity index (χ0n) is 23.1. The van der Waals surface area contributed by atoms with Gasteiger partial charge >= 0.3 is 30.3 Å². The molecule has 42 heavy (non-hydrogen) atoms. The van der Waals surface area contributed by atoms with Crippen LogP contribution in [-0.2, 0) is 31.1 Å². The molecule has 1 spiro atoms. The van der Waals surface area contributed by atoms with Crippen LogP contribution in [0.15, 0.2) is 24.3 Å². The van der Waals surface area contributed by atoms with Gasteiger partial charge in [-0.25, -0.2) is 9.59 Å². The van der Waals surface area contributed by atoms with Crippen LogP contribution in [0.4, 0.5) is 26.3 Å². The third kappa shape index (κ3) is 8.06. The summed E-state index contributed by atoms with van der Waals surface area (Å²) in [6.07, 6.45) is -4.76. The predicted molar refractivity (Wildman–Crippen MR) is 134 cm³/mol. The number of carbonyl (C=O) groups is 3. The van der Waals surface area contributed by atoms with E-state index in [9.17, 15) is 31.1 Å². The monoisotopic (exact) mass is 614 g/mol. The van der Waals surface area contributed by atoms with Crippen molar-refractivity contribution in [3.05, 3.63) is 35.4 Å². The summed E-state index contributed by atoms with van der Waals surface area (Å²) >= 11 is 0. The Bertz CT molecular complexity index is 1160. The van der Waals surface area contributed by atoms with Crippen molar-refractivity contribution in [2.45, 2.75) is 69.3 Å². The number of hydrogen-bond acceptors (Lipinski definition) is 8. The van der Waals surface area contributed by atoms with Crippen molar-refractivity contribution < 1.29 is 65.1 Å². The number of alkyl halides is 6. The number of hydrogen-bond donors (Lipinski definition) is 3. The first-order chi connectivity index (χ1) is 19.2. The lowest BCUT2D eigenvalue weighted by Gasteiger charge is -2.37. The van der Waals surface area contributed by atoms with Gasteiger partial charge < -0.3 is 35.1 Å². The van der Waals surface area contributed by atoms with Crippen LogP contribution < -0.4 is 15.2 Å². The van der Waals surface area contributed by atoms with E-state index < -0.39 is 30.3 Å². The molecule has 236 valence electrons. The minimum absolute atomic E-state index is 0.0441. The molecule has 0 amide bonds. The maximum atomic E-state index is 12.3. The van der Waals surface area contributed by atoms with Crippen molar-refractivity contribution in [1.82, 2.24) is 4.90 Å². The number of carboxylic acids is 2. The van der Waals surface area contributed by atoms with Gasteiger partial charge in [0, 0.05) is 18.5 Å². The fourth-order valence-electron chi connectivity index (χ4n) is 4.65. The molecule has 0 bridgehead atoms. The summed E-state index contributed by atoms with van der Waals surface area (Å²) in [4.78, 5) is 32.5. The molecule has 0 radical (unpaired) electrons. The Kier molecular flexibility index (Phi) is 10.9. The molecule has 0 fully saturated rings. The number of carbonyl (C=O) groups excluding carboxylic acids is 1. The lowest BCUT2D eigenvalue weighted by Crippen LogP contribution is -2.45. The van der Waals surface area contributed by atoms with Gasteiger partial charge in [-0.05, 0) is 43.6 Å². The van der Waals surface area contributed by atoms with Gasteiger partial charge in [-0.2, -0.15) is 26.3 Å². The summed E-state index contributed by atoms with van der Waals surface area (Å²) in [7, 11) is 3.82. The van der Waals surface area contributed by atoms with Gasteiger partial charge in [0.2, 0.25) is 0 Å². The third-order valence-corrected chi connectivity index (χ3v) is 6.87. The normalized spacial score (nSPS) is 23.4. The Hall–Kier alpha value is -3.53. The van der Waals surface area contributed by atoms with E-state index in [1.807, 2.05) is 26.0 Å². The van der Waals surface area contributed by atoms with E-state index >= 15 is 0 Å². The van der Waals surface area contributed by atoms with Crippen molar-refractivity contribution in [2.75, 3.05) is 20.7 Å². The minimum Gasteiger partial charge on any atom is -0.493 e. The van der Waals surface area contributed by atoms with Crippen molar-refractivity contribution >= 4 is 17.9 Å². The number of methoxy groups -OCH3 is 1. The van der Waals surface area contributed by atoms with Crippen LogP contribution in [0.3, 0.4) is 0 Å². The fraction of sp³-hybridized carbons (Fsp3) is 0.577. The highest BCUT2D eigenvalue weighted by Gasteiger charge is 2.53. The van der Waals surface area contributed by atoms with Crippen LogP contribution in [0.1, 0.15) is 37.8 Å². The molecule has 1 aliphatic carbocycles. The molecule has 0 saturated heterocycles. The second kappa shape index (κ2) is 13.2. The van der Waals surface area contributed by atoms with Crippen LogP contribution in [-0.4, -0.2) is 84.3 Å². The van der Waals surface area contributed by atoms with E-state index in [2.05, 4.69) is 24.1 Å². The molecule has 4 N–H and O–H groups in total.